The van der Waals surface area contributed by atoms with Gasteiger partial charge in [-0.15, -0.1) is 0 Å². The van der Waals surface area contributed by atoms with Crippen LogP contribution < -0.4 is 5.32 Å². The van der Waals surface area contributed by atoms with E-state index in [9.17, 15) is 4.79 Å². The Labute approximate surface area is 183 Å². The van der Waals surface area contributed by atoms with E-state index < -0.39 is 0 Å². The zero-order chi connectivity index (χ0) is 20.9. The van der Waals surface area contributed by atoms with E-state index in [-0.39, 0.29) is 11.8 Å². The predicted molar refractivity (Wildman–Crippen MR) is 122 cm³/mol. The number of nitrogens with zero attached hydrogens (tertiary/aromatic N) is 3. The van der Waals surface area contributed by atoms with Gasteiger partial charge in [0, 0.05) is 24.0 Å². The van der Waals surface area contributed by atoms with Crippen molar-refractivity contribution in [2.24, 2.45) is 5.92 Å². The number of fused-ring (bicyclic) bond motifs is 1. The van der Waals surface area contributed by atoms with Crippen LogP contribution in [0.4, 0.5) is 0 Å². The summed E-state index contributed by atoms with van der Waals surface area (Å²) in [5.41, 5.74) is 3.45. The highest BCUT2D eigenvalue weighted by Crippen LogP contribution is 2.22. The van der Waals surface area contributed by atoms with Gasteiger partial charge in [0.15, 0.2) is 0 Å². The van der Waals surface area contributed by atoms with Crippen molar-refractivity contribution in [1.29, 1.82) is 0 Å². The normalized spacial score (nSPS) is 15.5. The predicted octanol–water partition coefficient (Wildman–Crippen LogP) is 4.28. The number of carbonyl (C=O) groups is 1. The zero-order valence-electron chi connectivity index (χ0n) is 17.5. The molecular weight excluding hydrogens is 396 g/mol. The van der Waals surface area contributed by atoms with Crippen molar-refractivity contribution < 1.29 is 4.79 Å². The maximum atomic E-state index is 12.6. The molecule has 1 amide bonds. The van der Waals surface area contributed by atoms with Crippen LogP contribution in [0.2, 0.25) is 5.02 Å². The lowest BCUT2D eigenvalue weighted by Gasteiger charge is -2.31. The minimum absolute atomic E-state index is 0.108. The van der Waals surface area contributed by atoms with E-state index in [2.05, 4.69) is 39.9 Å². The Bertz CT molecular complexity index is 990. The first kappa shape index (κ1) is 20.9. The summed E-state index contributed by atoms with van der Waals surface area (Å²) in [5.74, 6) is 1.41. The minimum Gasteiger partial charge on any atom is -0.356 e. The molecule has 0 saturated carbocycles. The van der Waals surface area contributed by atoms with E-state index in [0.717, 1.165) is 61.8 Å². The number of aromatic nitrogens is 2. The second kappa shape index (κ2) is 9.63. The number of rotatable bonds is 7. The number of hydrogen-bond acceptors (Lipinski definition) is 3. The van der Waals surface area contributed by atoms with E-state index in [1.165, 1.54) is 11.1 Å². The summed E-state index contributed by atoms with van der Waals surface area (Å²) in [5, 5.41) is 3.85. The number of halogens is 1. The molecule has 3 aromatic rings. The number of amides is 1. The van der Waals surface area contributed by atoms with Gasteiger partial charge in [-0.25, -0.2) is 4.98 Å². The van der Waals surface area contributed by atoms with E-state index in [1.54, 1.807) is 0 Å². The second-order valence-corrected chi connectivity index (χ2v) is 8.42. The largest absolute Gasteiger partial charge is 0.356 e. The van der Waals surface area contributed by atoms with Crippen LogP contribution in [-0.4, -0.2) is 40.0 Å². The van der Waals surface area contributed by atoms with Gasteiger partial charge in [0.1, 0.15) is 5.82 Å². The fraction of sp³-hybridized carbons (Fsp3) is 0.417. The summed E-state index contributed by atoms with van der Waals surface area (Å²) in [4.78, 5) is 19.8. The first-order chi connectivity index (χ1) is 14.6. The van der Waals surface area contributed by atoms with Gasteiger partial charge in [0.25, 0.3) is 0 Å². The molecule has 1 fully saturated rings. The van der Waals surface area contributed by atoms with Gasteiger partial charge in [0.05, 0.1) is 17.6 Å². The molecule has 0 atom stereocenters. The third-order valence-electron chi connectivity index (χ3n) is 6.00. The molecule has 0 unspecified atom stereocenters. The molecule has 2 aromatic carbocycles. The Morgan fingerprint density at radius 3 is 2.60 bits per heavy atom. The third-order valence-corrected chi connectivity index (χ3v) is 6.25. The van der Waals surface area contributed by atoms with Crippen LogP contribution in [0.25, 0.3) is 11.0 Å². The van der Waals surface area contributed by atoms with Crippen LogP contribution in [0.5, 0.6) is 0 Å². The topological polar surface area (TPSA) is 50.2 Å². The Morgan fingerprint density at radius 2 is 1.87 bits per heavy atom. The first-order valence-electron chi connectivity index (χ1n) is 10.8. The average Bonchev–Trinajstić information content (AvgIpc) is 3.12. The number of likely N-dealkylation sites (tertiary alicyclic amines) is 1. The van der Waals surface area contributed by atoms with Gasteiger partial charge < -0.3 is 9.88 Å². The number of benzene rings is 2. The minimum atomic E-state index is 0.108. The molecule has 0 spiro atoms. The van der Waals surface area contributed by atoms with Crippen molar-refractivity contribution in [3.8, 4) is 0 Å². The van der Waals surface area contributed by atoms with Gasteiger partial charge in [-0.3, -0.25) is 9.69 Å². The summed E-state index contributed by atoms with van der Waals surface area (Å²) in [7, 11) is 0. The van der Waals surface area contributed by atoms with Crippen molar-refractivity contribution >= 4 is 28.5 Å². The van der Waals surface area contributed by atoms with Gasteiger partial charge >= 0.3 is 0 Å². The highest BCUT2D eigenvalue weighted by molar-refractivity contribution is 6.30. The summed E-state index contributed by atoms with van der Waals surface area (Å²) in [6, 6.07) is 16.1. The van der Waals surface area contributed by atoms with Crippen molar-refractivity contribution in [3.63, 3.8) is 0 Å². The number of para-hydroxylation sites is 2. The number of aryl methyl sites for hydroxylation is 1. The Balaban J connectivity index is 1.25. The zero-order valence-corrected chi connectivity index (χ0v) is 18.2. The SMILES string of the molecule is CCn1c(CN2CCC(C(=O)NCCc3ccc(Cl)cc3)CC2)nc2ccccc21. The van der Waals surface area contributed by atoms with E-state index in [4.69, 9.17) is 16.6 Å². The van der Waals surface area contributed by atoms with Gasteiger partial charge in [0.2, 0.25) is 5.91 Å². The number of carbonyl (C=O) groups excluding carboxylic acids is 1. The summed E-state index contributed by atoms with van der Waals surface area (Å²) >= 11 is 5.92. The molecular formula is C24H29ClN4O. The Kier molecular flexibility index (Phi) is 6.70. The molecule has 30 heavy (non-hydrogen) atoms. The Hall–Kier alpha value is -2.37. The van der Waals surface area contributed by atoms with Gasteiger partial charge in [-0.1, -0.05) is 35.9 Å². The molecule has 5 nitrogen and oxygen atoms in total. The van der Waals surface area contributed by atoms with Crippen LogP contribution in [0.1, 0.15) is 31.2 Å². The van der Waals surface area contributed by atoms with Crippen LogP contribution >= 0.6 is 11.6 Å². The van der Waals surface area contributed by atoms with Crippen molar-refractivity contribution in [2.75, 3.05) is 19.6 Å². The fourth-order valence-corrected chi connectivity index (χ4v) is 4.40. The molecule has 0 aliphatic carbocycles. The third kappa shape index (κ3) is 4.85. The fourth-order valence-electron chi connectivity index (χ4n) is 4.28. The molecule has 1 aliphatic rings. The number of imidazole rings is 1. The maximum Gasteiger partial charge on any atom is 0.223 e. The molecule has 158 valence electrons. The average molecular weight is 425 g/mol. The van der Waals surface area contributed by atoms with Crippen molar-refractivity contribution in [2.45, 2.75) is 39.3 Å². The highest BCUT2D eigenvalue weighted by Gasteiger charge is 2.25. The number of piperidine rings is 1. The molecule has 1 N–H and O–H groups in total. The summed E-state index contributed by atoms with van der Waals surface area (Å²) in [6.07, 6.45) is 2.63. The van der Waals surface area contributed by atoms with E-state index >= 15 is 0 Å². The monoisotopic (exact) mass is 424 g/mol. The maximum absolute atomic E-state index is 12.6. The molecule has 4 rings (SSSR count). The molecule has 2 heterocycles. The number of nitrogens with one attached hydrogen (secondary N) is 1. The van der Waals surface area contributed by atoms with Crippen LogP contribution in [-0.2, 0) is 24.3 Å². The standard InChI is InChI=1S/C24H29ClN4O/c1-2-29-22-6-4-3-5-21(22)27-23(29)17-28-15-12-19(13-16-28)24(30)26-14-11-18-7-9-20(25)10-8-18/h3-10,19H,2,11-17H2,1H3,(H,26,30). The molecule has 0 radical (unpaired) electrons. The Morgan fingerprint density at radius 1 is 1.13 bits per heavy atom. The first-order valence-corrected chi connectivity index (χ1v) is 11.2. The van der Waals surface area contributed by atoms with Crippen molar-refractivity contribution in [3.05, 3.63) is 64.9 Å². The molecule has 6 heteroatoms. The van der Waals surface area contributed by atoms with Crippen molar-refractivity contribution in [1.82, 2.24) is 19.8 Å². The smallest absolute Gasteiger partial charge is 0.223 e. The number of hydrogen-bond donors (Lipinski definition) is 1. The lowest BCUT2D eigenvalue weighted by molar-refractivity contribution is -0.126. The highest BCUT2D eigenvalue weighted by atomic mass is 35.5. The van der Waals surface area contributed by atoms with E-state index in [0.29, 0.717) is 6.54 Å². The van der Waals surface area contributed by atoms with Gasteiger partial charge in [-0.05, 0) is 69.1 Å². The summed E-state index contributed by atoms with van der Waals surface area (Å²) < 4.78 is 2.30. The molecule has 0 bridgehead atoms. The molecule has 1 saturated heterocycles. The van der Waals surface area contributed by atoms with Crippen LogP contribution in [0, 0.1) is 5.92 Å². The van der Waals surface area contributed by atoms with Crippen LogP contribution in [0.15, 0.2) is 48.5 Å². The second-order valence-electron chi connectivity index (χ2n) is 7.98. The van der Waals surface area contributed by atoms with E-state index in [1.807, 2.05) is 30.3 Å². The van der Waals surface area contributed by atoms with Gasteiger partial charge in [-0.2, -0.15) is 0 Å². The lowest BCUT2D eigenvalue weighted by Crippen LogP contribution is -2.41. The lowest BCUT2D eigenvalue weighted by atomic mass is 9.96. The quantitative estimate of drug-likeness (QED) is 0.615. The summed E-state index contributed by atoms with van der Waals surface area (Å²) in [6.45, 7) is 6.46. The molecule has 1 aromatic heterocycles. The van der Waals surface area contributed by atoms with Crippen LogP contribution in [0.3, 0.4) is 0 Å². The molecule has 1 aliphatic heterocycles.